The molecule has 0 fully saturated rings. The Morgan fingerprint density at radius 2 is 1.31 bits per heavy atom. The molecule has 16 heavy (non-hydrogen) atoms. The first kappa shape index (κ1) is 14.4. The smallest absolute Gasteiger partial charge is 0.320 e. The molecule has 0 spiro atoms. The lowest BCUT2D eigenvalue weighted by Crippen LogP contribution is -2.26. The van der Waals surface area contributed by atoms with Crippen molar-refractivity contribution in [2.75, 3.05) is 13.2 Å². The molecule has 4 nitrogen and oxygen atoms in total. The van der Waals surface area contributed by atoms with Gasteiger partial charge in [0, 0.05) is 0 Å². The van der Waals surface area contributed by atoms with Crippen LogP contribution in [0.15, 0.2) is 24.3 Å². The van der Waals surface area contributed by atoms with Gasteiger partial charge in [-0.3, -0.25) is 9.59 Å². The Morgan fingerprint density at radius 3 is 1.56 bits per heavy atom. The lowest BCUT2D eigenvalue weighted by Gasteiger charge is -2.11. The van der Waals surface area contributed by atoms with Crippen molar-refractivity contribution >= 4 is 11.9 Å². The lowest BCUT2D eigenvalue weighted by atomic mass is 10.2. The van der Waals surface area contributed by atoms with Gasteiger partial charge in [-0.1, -0.05) is 13.2 Å². The van der Waals surface area contributed by atoms with Crippen LogP contribution in [0.5, 0.6) is 0 Å². The molecular formula is C12H18O4. The highest BCUT2D eigenvalue weighted by Crippen LogP contribution is 2.04. The van der Waals surface area contributed by atoms with Gasteiger partial charge in [-0.05, 0) is 31.9 Å². The summed E-state index contributed by atoms with van der Waals surface area (Å²) in [5.74, 6) is -2.12. The number of rotatable bonds is 6. The highest BCUT2D eigenvalue weighted by molar-refractivity contribution is 5.94. The van der Waals surface area contributed by atoms with E-state index in [2.05, 4.69) is 13.2 Å². The fourth-order valence-electron chi connectivity index (χ4n) is 0.735. The number of carbonyl (C=O) groups is 2. The standard InChI is InChI=1S/C12H18O4/c1-8(2)6-15-11(13)10(5)12(14)16-7-9(3)4/h10H,1,3,6-7H2,2,4-5H3. The van der Waals surface area contributed by atoms with Crippen LogP contribution >= 0.6 is 0 Å². The van der Waals surface area contributed by atoms with E-state index < -0.39 is 17.9 Å². The minimum atomic E-state index is -0.918. The number of carbonyl (C=O) groups excluding carboxylic acids is 2. The summed E-state index contributed by atoms with van der Waals surface area (Å²) in [6, 6.07) is 0. The zero-order chi connectivity index (χ0) is 12.7. The van der Waals surface area contributed by atoms with Gasteiger partial charge in [-0.25, -0.2) is 0 Å². The summed E-state index contributed by atoms with van der Waals surface area (Å²) in [4.78, 5) is 22.7. The van der Waals surface area contributed by atoms with E-state index in [0.29, 0.717) is 0 Å². The molecule has 90 valence electrons. The van der Waals surface area contributed by atoms with Crippen LogP contribution in [-0.4, -0.2) is 25.2 Å². The van der Waals surface area contributed by atoms with Crippen LogP contribution in [0, 0.1) is 5.92 Å². The predicted octanol–water partition coefficient (Wildman–Crippen LogP) is 1.86. The van der Waals surface area contributed by atoms with Gasteiger partial charge in [-0.2, -0.15) is 0 Å². The van der Waals surface area contributed by atoms with Gasteiger partial charge in [0.25, 0.3) is 0 Å². The molecule has 0 saturated heterocycles. The van der Waals surface area contributed by atoms with Gasteiger partial charge in [0.2, 0.25) is 0 Å². The van der Waals surface area contributed by atoms with Gasteiger partial charge in [0.15, 0.2) is 5.92 Å². The van der Waals surface area contributed by atoms with Crippen LogP contribution < -0.4 is 0 Å². The Hall–Kier alpha value is -1.58. The monoisotopic (exact) mass is 226 g/mol. The molecule has 0 aromatic rings. The zero-order valence-electron chi connectivity index (χ0n) is 10.0. The quantitative estimate of drug-likeness (QED) is 0.394. The minimum Gasteiger partial charge on any atom is -0.461 e. The molecule has 0 bridgehead atoms. The summed E-state index contributed by atoms with van der Waals surface area (Å²) in [5, 5.41) is 0. The van der Waals surface area contributed by atoms with Crippen molar-refractivity contribution in [1.82, 2.24) is 0 Å². The molecule has 0 unspecified atom stereocenters. The van der Waals surface area contributed by atoms with E-state index in [9.17, 15) is 9.59 Å². The maximum absolute atomic E-state index is 11.3. The third-order valence-corrected chi connectivity index (χ3v) is 1.63. The Bertz CT molecular complexity index is 274. The summed E-state index contributed by atoms with van der Waals surface area (Å²) in [6.07, 6.45) is 0. The van der Waals surface area contributed by atoms with Gasteiger partial charge in [-0.15, -0.1) is 0 Å². The summed E-state index contributed by atoms with van der Waals surface area (Å²) < 4.78 is 9.66. The van der Waals surface area contributed by atoms with Crippen molar-refractivity contribution in [3.63, 3.8) is 0 Å². The third kappa shape index (κ3) is 6.01. The lowest BCUT2D eigenvalue weighted by molar-refractivity contribution is -0.160. The predicted molar refractivity (Wildman–Crippen MR) is 60.7 cm³/mol. The molecule has 0 rings (SSSR count). The zero-order valence-corrected chi connectivity index (χ0v) is 10.0. The Labute approximate surface area is 95.9 Å². The Balaban J connectivity index is 4.06. The third-order valence-electron chi connectivity index (χ3n) is 1.63. The van der Waals surface area contributed by atoms with Crippen molar-refractivity contribution in [2.45, 2.75) is 20.8 Å². The van der Waals surface area contributed by atoms with Crippen LogP contribution in [0.1, 0.15) is 20.8 Å². The highest BCUT2D eigenvalue weighted by atomic mass is 16.6. The second kappa shape index (κ2) is 6.82. The molecule has 0 amide bonds. The SMILES string of the molecule is C=C(C)COC(=O)C(C)C(=O)OCC(=C)C. The van der Waals surface area contributed by atoms with Crippen LogP contribution in [0.4, 0.5) is 0 Å². The summed E-state index contributed by atoms with van der Waals surface area (Å²) in [5.41, 5.74) is 1.44. The molecule has 0 radical (unpaired) electrons. The van der Waals surface area contributed by atoms with E-state index in [0.717, 1.165) is 11.1 Å². The van der Waals surface area contributed by atoms with Crippen LogP contribution in [-0.2, 0) is 19.1 Å². The molecule has 4 heteroatoms. The second-order valence-corrected chi connectivity index (χ2v) is 3.85. The molecule has 0 saturated carbocycles. The van der Waals surface area contributed by atoms with Crippen molar-refractivity contribution in [3.05, 3.63) is 24.3 Å². The largest absolute Gasteiger partial charge is 0.461 e. The highest BCUT2D eigenvalue weighted by Gasteiger charge is 2.24. The van der Waals surface area contributed by atoms with Crippen LogP contribution in [0.25, 0.3) is 0 Å². The maximum Gasteiger partial charge on any atom is 0.320 e. The van der Waals surface area contributed by atoms with E-state index in [1.807, 2.05) is 0 Å². The second-order valence-electron chi connectivity index (χ2n) is 3.85. The van der Waals surface area contributed by atoms with Crippen molar-refractivity contribution < 1.29 is 19.1 Å². The molecule has 0 aliphatic rings. The Kier molecular flexibility index (Phi) is 6.15. The van der Waals surface area contributed by atoms with E-state index in [-0.39, 0.29) is 13.2 Å². The summed E-state index contributed by atoms with van der Waals surface area (Å²) in [6.45, 7) is 12.3. The molecule has 0 heterocycles. The first-order valence-electron chi connectivity index (χ1n) is 4.96. The number of esters is 2. The molecular weight excluding hydrogens is 208 g/mol. The molecule has 0 aliphatic carbocycles. The van der Waals surface area contributed by atoms with E-state index in [1.165, 1.54) is 6.92 Å². The number of hydrogen-bond acceptors (Lipinski definition) is 4. The topological polar surface area (TPSA) is 52.6 Å². The van der Waals surface area contributed by atoms with Crippen molar-refractivity contribution in [3.8, 4) is 0 Å². The van der Waals surface area contributed by atoms with Gasteiger partial charge in [0.1, 0.15) is 13.2 Å². The first-order valence-corrected chi connectivity index (χ1v) is 4.96. The number of hydrogen-bond donors (Lipinski definition) is 0. The van der Waals surface area contributed by atoms with E-state index in [1.54, 1.807) is 13.8 Å². The first-order chi connectivity index (χ1) is 7.34. The maximum atomic E-state index is 11.3. The van der Waals surface area contributed by atoms with E-state index >= 15 is 0 Å². The molecule has 0 aromatic carbocycles. The van der Waals surface area contributed by atoms with E-state index in [4.69, 9.17) is 9.47 Å². The van der Waals surface area contributed by atoms with Crippen LogP contribution in [0.2, 0.25) is 0 Å². The fourth-order valence-corrected chi connectivity index (χ4v) is 0.735. The van der Waals surface area contributed by atoms with Gasteiger partial charge >= 0.3 is 11.9 Å². The number of ether oxygens (including phenoxy) is 2. The van der Waals surface area contributed by atoms with Crippen molar-refractivity contribution in [1.29, 1.82) is 0 Å². The normalized spacial score (nSPS) is 9.75. The molecule has 0 N–H and O–H groups in total. The minimum absolute atomic E-state index is 0.122. The molecule has 0 aromatic heterocycles. The average Bonchev–Trinajstić information content (AvgIpc) is 2.21. The van der Waals surface area contributed by atoms with Crippen molar-refractivity contribution in [2.24, 2.45) is 5.92 Å². The average molecular weight is 226 g/mol. The summed E-state index contributed by atoms with van der Waals surface area (Å²) in [7, 11) is 0. The van der Waals surface area contributed by atoms with Crippen LogP contribution in [0.3, 0.4) is 0 Å². The molecule has 0 atom stereocenters. The fraction of sp³-hybridized carbons (Fsp3) is 0.500. The Morgan fingerprint density at radius 1 is 1.00 bits per heavy atom. The molecule has 0 aliphatic heterocycles. The summed E-state index contributed by atoms with van der Waals surface area (Å²) >= 11 is 0. The van der Waals surface area contributed by atoms with Gasteiger partial charge < -0.3 is 9.47 Å². The van der Waals surface area contributed by atoms with Gasteiger partial charge in [0.05, 0.1) is 0 Å².